The molecule has 0 saturated heterocycles. The Bertz CT molecular complexity index is 425. The molecule has 7 nitrogen and oxygen atoms in total. The molecule has 1 amide bonds. The van der Waals surface area contributed by atoms with Gasteiger partial charge in [-0.2, -0.15) is 5.10 Å². The molecule has 1 rings (SSSR count). The SMILES string of the molecule is CCCn1nc(C(N)=O)c([N+](=O)[O-])c1CC. The lowest BCUT2D eigenvalue weighted by atomic mass is 10.2. The Kier molecular flexibility index (Phi) is 3.60. The van der Waals surface area contributed by atoms with Gasteiger partial charge in [0.25, 0.3) is 5.91 Å². The van der Waals surface area contributed by atoms with Crippen LogP contribution < -0.4 is 5.73 Å². The van der Waals surface area contributed by atoms with Gasteiger partial charge in [-0.05, 0) is 12.8 Å². The highest BCUT2D eigenvalue weighted by Crippen LogP contribution is 2.24. The second-order valence-corrected chi connectivity index (χ2v) is 3.34. The standard InChI is InChI=1S/C9H14N4O3/c1-3-5-12-6(4-2)8(13(15)16)7(11-12)9(10)14/h3-5H2,1-2H3,(H2,10,14). The summed E-state index contributed by atoms with van der Waals surface area (Å²) in [4.78, 5) is 21.3. The molecule has 7 heteroatoms. The van der Waals surface area contributed by atoms with Crippen molar-refractivity contribution in [3.05, 3.63) is 21.5 Å². The van der Waals surface area contributed by atoms with E-state index in [-0.39, 0.29) is 11.4 Å². The van der Waals surface area contributed by atoms with Crippen molar-refractivity contribution in [1.29, 1.82) is 0 Å². The molecule has 0 aliphatic carbocycles. The third kappa shape index (κ3) is 2.02. The zero-order valence-corrected chi connectivity index (χ0v) is 9.27. The van der Waals surface area contributed by atoms with Crippen molar-refractivity contribution >= 4 is 11.6 Å². The van der Waals surface area contributed by atoms with Crippen LogP contribution in [-0.4, -0.2) is 20.6 Å². The molecule has 0 fully saturated rings. The van der Waals surface area contributed by atoms with Gasteiger partial charge in [0.05, 0.1) is 4.92 Å². The normalized spacial score (nSPS) is 10.4. The van der Waals surface area contributed by atoms with Crippen LogP contribution in [-0.2, 0) is 13.0 Å². The van der Waals surface area contributed by atoms with Crippen molar-refractivity contribution in [1.82, 2.24) is 9.78 Å². The highest BCUT2D eigenvalue weighted by Gasteiger charge is 2.29. The predicted octanol–water partition coefficient (Wildman–Crippen LogP) is 0.863. The summed E-state index contributed by atoms with van der Waals surface area (Å²) in [5, 5.41) is 14.8. The molecule has 1 aromatic rings. The van der Waals surface area contributed by atoms with Crippen molar-refractivity contribution in [2.75, 3.05) is 0 Å². The predicted molar refractivity (Wildman–Crippen MR) is 57.1 cm³/mol. The molecule has 1 aromatic heterocycles. The largest absolute Gasteiger partial charge is 0.364 e. The van der Waals surface area contributed by atoms with Gasteiger partial charge >= 0.3 is 5.69 Å². The molecule has 0 bridgehead atoms. The molecule has 88 valence electrons. The minimum atomic E-state index is -0.865. The number of primary amides is 1. The highest BCUT2D eigenvalue weighted by molar-refractivity contribution is 5.95. The van der Waals surface area contributed by atoms with Crippen LogP contribution in [0.1, 0.15) is 36.5 Å². The minimum absolute atomic E-state index is 0.254. The Morgan fingerprint density at radius 3 is 2.56 bits per heavy atom. The van der Waals surface area contributed by atoms with Crippen molar-refractivity contribution in [3.8, 4) is 0 Å². The third-order valence-electron chi connectivity index (χ3n) is 2.22. The number of amides is 1. The van der Waals surface area contributed by atoms with Crippen molar-refractivity contribution in [2.24, 2.45) is 5.73 Å². The molecular formula is C9H14N4O3. The van der Waals surface area contributed by atoms with Crippen molar-refractivity contribution in [2.45, 2.75) is 33.2 Å². The lowest BCUT2D eigenvalue weighted by molar-refractivity contribution is -0.385. The average Bonchev–Trinajstić information content (AvgIpc) is 2.57. The fourth-order valence-electron chi connectivity index (χ4n) is 1.59. The van der Waals surface area contributed by atoms with E-state index in [9.17, 15) is 14.9 Å². The van der Waals surface area contributed by atoms with Crippen molar-refractivity contribution < 1.29 is 9.72 Å². The van der Waals surface area contributed by atoms with Crippen LogP contribution >= 0.6 is 0 Å². The number of nitrogens with two attached hydrogens (primary N) is 1. The first-order valence-corrected chi connectivity index (χ1v) is 5.06. The first-order chi connectivity index (χ1) is 7.52. The number of hydrogen-bond donors (Lipinski definition) is 1. The van der Waals surface area contributed by atoms with Crippen LogP contribution in [0.2, 0.25) is 0 Å². The summed E-state index contributed by atoms with van der Waals surface area (Å²) in [7, 11) is 0. The maximum Gasteiger partial charge on any atom is 0.323 e. The van der Waals surface area contributed by atoms with Crippen LogP contribution in [0.3, 0.4) is 0 Å². The minimum Gasteiger partial charge on any atom is -0.364 e. The van der Waals surface area contributed by atoms with Crippen LogP contribution in [0, 0.1) is 10.1 Å². The second kappa shape index (κ2) is 4.73. The van der Waals surface area contributed by atoms with E-state index in [0.29, 0.717) is 18.7 Å². The number of carbonyl (C=O) groups is 1. The maximum absolute atomic E-state index is 11.1. The van der Waals surface area contributed by atoms with E-state index in [2.05, 4.69) is 5.10 Å². The summed E-state index contributed by atoms with van der Waals surface area (Å²) in [6, 6.07) is 0. The molecule has 0 atom stereocenters. The van der Waals surface area contributed by atoms with Gasteiger partial charge in [-0.25, -0.2) is 0 Å². The fourth-order valence-corrected chi connectivity index (χ4v) is 1.59. The van der Waals surface area contributed by atoms with Gasteiger partial charge in [0.15, 0.2) is 0 Å². The number of carbonyl (C=O) groups excluding carboxylic acids is 1. The zero-order chi connectivity index (χ0) is 12.3. The molecule has 0 aromatic carbocycles. The van der Waals surface area contributed by atoms with Crippen LogP contribution in [0.15, 0.2) is 0 Å². The number of aromatic nitrogens is 2. The molecule has 0 unspecified atom stereocenters. The van der Waals surface area contributed by atoms with Gasteiger partial charge in [0.2, 0.25) is 5.69 Å². The molecule has 0 spiro atoms. The Morgan fingerprint density at radius 2 is 2.19 bits per heavy atom. The highest BCUT2D eigenvalue weighted by atomic mass is 16.6. The molecule has 0 aliphatic rings. The van der Waals surface area contributed by atoms with E-state index >= 15 is 0 Å². The maximum atomic E-state index is 11.1. The number of aryl methyl sites for hydroxylation is 1. The monoisotopic (exact) mass is 226 g/mol. The van der Waals surface area contributed by atoms with Gasteiger partial charge in [0.1, 0.15) is 5.69 Å². The van der Waals surface area contributed by atoms with Gasteiger partial charge in [-0.15, -0.1) is 0 Å². The van der Waals surface area contributed by atoms with Crippen LogP contribution in [0.25, 0.3) is 0 Å². The Labute approximate surface area is 92.4 Å². The van der Waals surface area contributed by atoms with Crippen molar-refractivity contribution in [3.63, 3.8) is 0 Å². The average molecular weight is 226 g/mol. The zero-order valence-electron chi connectivity index (χ0n) is 9.27. The summed E-state index contributed by atoms with van der Waals surface area (Å²) in [6.45, 7) is 4.25. The first kappa shape index (κ1) is 12.2. The smallest absolute Gasteiger partial charge is 0.323 e. The summed E-state index contributed by atoms with van der Waals surface area (Å²) in [5.74, 6) is -0.865. The van der Waals surface area contributed by atoms with Crippen LogP contribution in [0.5, 0.6) is 0 Å². The summed E-state index contributed by atoms with van der Waals surface area (Å²) in [5.41, 5.74) is 5.00. The van der Waals surface area contributed by atoms with E-state index in [1.807, 2.05) is 6.92 Å². The van der Waals surface area contributed by atoms with Gasteiger partial charge in [-0.3, -0.25) is 19.6 Å². The van der Waals surface area contributed by atoms with Gasteiger partial charge < -0.3 is 5.73 Å². The lowest BCUT2D eigenvalue weighted by Gasteiger charge is -2.01. The topological polar surface area (TPSA) is 104 Å². The molecule has 0 radical (unpaired) electrons. The Balaban J connectivity index is 3.39. The summed E-state index contributed by atoms with van der Waals surface area (Å²) < 4.78 is 1.48. The molecule has 2 N–H and O–H groups in total. The molecular weight excluding hydrogens is 212 g/mol. The third-order valence-corrected chi connectivity index (χ3v) is 2.22. The van der Waals surface area contributed by atoms with Gasteiger partial charge in [0, 0.05) is 6.54 Å². The Morgan fingerprint density at radius 1 is 1.56 bits per heavy atom. The molecule has 0 aliphatic heterocycles. The Hall–Kier alpha value is -1.92. The number of nitrogens with zero attached hydrogens (tertiary/aromatic N) is 3. The number of rotatable bonds is 5. The van der Waals surface area contributed by atoms with E-state index in [1.165, 1.54) is 4.68 Å². The number of nitro groups is 1. The van der Waals surface area contributed by atoms with E-state index in [1.54, 1.807) is 6.92 Å². The molecule has 16 heavy (non-hydrogen) atoms. The van der Waals surface area contributed by atoms with Gasteiger partial charge in [-0.1, -0.05) is 13.8 Å². The van der Waals surface area contributed by atoms with Crippen LogP contribution in [0.4, 0.5) is 5.69 Å². The second-order valence-electron chi connectivity index (χ2n) is 3.34. The quantitative estimate of drug-likeness (QED) is 0.593. The summed E-state index contributed by atoms with van der Waals surface area (Å²) >= 11 is 0. The number of hydrogen-bond acceptors (Lipinski definition) is 4. The van der Waals surface area contributed by atoms with E-state index in [0.717, 1.165) is 6.42 Å². The fraction of sp³-hybridized carbons (Fsp3) is 0.556. The molecule has 1 heterocycles. The molecule has 0 saturated carbocycles. The van der Waals surface area contributed by atoms with E-state index < -0.39 is 10.8 Å². The lowest BCUT2D eigenvalue weighted by Crippen LogP contribution is -2.14. The first-order valence-electron chi connectivity index (χ1n) is 5.06. The van der Waals surface area contributed by atoms with E-state index in [4.69, 9.17) is 5.73 Å². The summed E-state index contributed by atoms with van der Waals surface area (Å²) in [6.07, 6.45) is 1.22.